The van der Waals surface area contributed by atoms with Crippen molar-refractivity contribution >= 4 is 23.0 Å². The maximum atomic E-state index is 12.1. The molecule has 3 aromatic rings. The van der Waals surface area contributed by atoms with Crippen molar-refractivity contribution in [3.8, 4) is 11.1 Å². The van der Waals surface area contributed by atoms with Crippen molar-refractivity contribution in [3.05, 3.63) is 42.4 Å². The zero-order valence-electron chi connectivity index (χ0n) is 14.5. The summed E-state index contributed by atoms with van der Waals surface area (Å²) in [4.78, 5) is 27.1. The van der Waals surface area contributed by atoms with Gasteiger partial charge < -0.3 is 14.5 Å². The highest BCUT2D eigenvalue weighted by atomic mass is 16.6. The first-order valence-corrected chi connectivity index (χ1v) is 7.77. The van der Waals surface area contributed by atoms with Gasteiger partial charge in [0.25, 0.3) is 0 Å². The number of aromatic nitrogens is 3. The third-order valence-corrected chi connectivity index (χ3v) is 3.59. The Morgan fingerprint density at radius 1 is 1.24 bits per heavy atom. The van der Waals surface area contributed by atoms with E-state index in [0.29, 0.717) is 11.1 Å². The van der Waals surface area contributed by atoms with Crippen LogP contribution in [0.5, 0.6) is 0 Å². The van der Waals surface area contributed by atoms with Crippen LogP contribution in [0.3, 0.4) is 0 Å². The number of benzene rings is 1. The number of H-pyrrole nitrogens is 1. The monoisotopic (exact) mass is 341 g/mol. The Kier molecular flexibility index (Phi) is 4.08. The molecule has 0 unspecified atom stereocenters. The lowest BCUT2D eigenvalue weighted by Crippen LogP contribution is -2.27. The molecule has 0 aliphatic heterocycles. The van der Waals surface area contributed by atoms with Crippen LogP contribution in [0.4, 0.5) is 4.79 Å². The molecule has 1 N–H and O–H groups in total. The summed E-state index contributed by atoms with van der Waals surface area (Å²) in [5, 5.41) is 4.91. The second-order valence-corrected chi connectivity index (χ2v) is 6.58. The predicted octanol–water partition coefficient (Wildman–Crippen LogP) is 3.60. The molecule has 0 bridgehead atoms. The average molecular weight is 341 g/mol. The molecule has 2 heterocycles. The number of methoxy groups -OCH3 is 1. The molecule has 7 heteroatoms. The van der Waals surface area contributed by atoms with Crippen LogP contribution in [0.1, 0.15) is 31.1 Å². The van der Waals surface area contributed by atoms with Gasteiger partial charge >= 0.3 is 12.1 Å². The Bertz CT molecular complexity index is 947. The lowest BCUT2D eigenvalue weighted by molar-refractivity contribution is 0.0513. The van der Waals surface area contributed by atoms with Gasteiger partial charge in [-0.1, -0.05) is 12.1 Å². The summed E-state index contributed by atoms with van der Waals surface area (Å²) >= 11 is 0. The largest absolute Gasteiger partial charge is 0.465 e. The van der Waals surface area contributed by atoms with Crippen LogP contribution >= 0.6 is 0 Å². The maximum Gasteiger partial charge on any atom is 0.435 e. The molecule has 7 nitrogen and oxygen atoms in total. The van der Waals surface area contributed by atoms with Crippen LogP contribution in [0.15, 0.2) is 36.8 Å². The van der Waals surface area contributed by atoms with E-state index in [2.05, 4.69) is 10.1 Å². The normalized spacial score (nSPS) is 11.5. The highest BCUT2D eigenvalue weighted by molar-refractivity contribution is 6.07. The van der Waals surface area contributed by atoms with Gasteiger partial charge in [0.15, 0.2) is 0 Å². The van der Waals surface area contributed by atoms with Crippen LogP contribution in [0.2, 0.25) is 0 Å². The molecule has 0 amide bonds. The number of rotatable bonds is 2. The fourth-order valence-corrected chi connectivity index (χ4v) is 2.54. The number of fused-ring (bicyclic) bond motifs is 1. The van der Waals surface area contributed by atoms with Crippen molar-refractivity contribution in [1.82, 2.24) is 14.8 Å². The molecular weight excluding hydrogens is 322 g/mol. The van der Waals surface area contributed by atoms with Gasteiger partial charge in [0.1, 0.15) is 5.60 Å². The number of aromatic amines is 1. The summed E-state index contributed by atoms with van der Waals surface area (Å²) in [5.41, 5.74) is 2.09. The summed E-state index contributed by atoms with van der Waals surface area (Å²) in [6.07, 6.45) is 4.40. The van der Waals surface area contributed by atoms with E-state index in [-0.39, 0.29) is 0 Å². The number of carbonyl (C=O) groups is 2. The molecule has 0 aliphatic rings. The van der Waals surface area contributed by atoms with Crippen molar-refractivity contribution in [3.63, 3.8) is 0 Å². The second kappa shape index (κ2) is 6.08. The number of hydrogen-bond donors (Lipinski definition) is 1. The number of nitrogens with one attached hydrogen (secondary N) is 1. The van der Waals surface area contributed by atoms with Gasteiger partial charge in [0, 0.05) is 28.9 Å². The first-order valence-electron chi connectivity index (χ1n) is 7.77. The van der Waals surface area contributed by atoms with Crippen LogP contribution in [0, 0.1) is 0 Å². The Morgan fingerprint density at radius 2 is 2.00 bits per heavy atom. The van der Waals surface area contributed by atoms with Gasteiger partial charge in [-0.15, -0.1) is 0 Å². The molecule has 2 aromatic heterocycles. The SMILES string of the molecule is COC(=O)c1cccc2c(-c3cnn(C(=O)OC(C)(C)C)c3)c[nH]c12. The summed E-state index contributed by atoms with van der Waals surface area (Å²) in [7, 11) is 1.34. The van der Waals surface area contributed by atoms with Crippen molar-refractivity contribution < 1.29 is 19.1 Å². The number of nitrogens with zero attached hydrogens (tertiary/aromatic N) is 2. The summed E-state index contributed by atoms with van der Waals surface area (Å²) in [6, 6.07) is 5.36. The maximum absolute atomic E-state index is 12.1. The molecule has 0 radical (unpaired) electrons. The summed E-state index contributed by atoms with van der Waals surface area (Å²) in [5.74, 6) is -0.413. The fraction of sp³-hybridized carbons (Fsp3) is 0.278. The average Bonchev–Trinajstić information content (AvgIpc) is 3.18. The van der Waals surface area contributed by atoms with Crippen LogP contribution in [0.25, 0.3) is 22.0 Å². The highest BCUT2D eigenvalue weighted by Crippen LogP contribution is 2.30. The Hall–Kier alpha value is -3.09. The highest BCUT2D eigenvalue weighted by Gasteiger charge is 2.20. The molecule has 0 spiro atoms. The molecule has 0 aliphatic carbocycles. The van der Waals surface area contributed by atoms with Gasteiger partial charge in [-0.05, 0) is 26.8 Å². The molecule has 130 valence electrons. The van der Waals surface area contributed by atoms with Gasteiger partial charge in [-0.3, -0.25) is 0 Å². The molecule has 1 aromatic carbocycles. The number of carbonyl (C=O) groups excluding carboxylic acids is 2. The zero-order chi connectivity index (χ0) is 18.2. The quantitative estimate of drug-likeness (QED) is 0.720. The zero-order valence-corrected chi connectivity index (χ0v) is 14.5. The standard InChI is InChI=1S/C18H19N3O4/c1-18(2,3)25-17(23)21-10-11(8-20-21)14-9-19-15-12(14)6-5-7-13(15)16(22)24-4/h5-10,19H,1-4H3. The number of para-hydroxylation sites is 1. The lowest BCUT2D eigenvalue weighted by atomic mass is 10.1. The number of ether oxygens (including phenoxy) is 2. The van der Waals surface area contributed by atoms with E-state index in [0.717, 1.165) is 21.2 Å². The minimum Gasteiger partial charge on any atom is -0.465 e. The van der Waals surface area contributed by atoms with Crippen molar-refractivity contribution in [2.45, 2.75) is 26.4 Å². The van der Waals surface area contributed by atoms with Crippen LogP contribution in [-0.2, 0) is 9.47 Å². The molecule has 0 saturated carbocycles. The van der Waals surface area contributed by atoms with E-state index >= 15 is 0 Å². The van der Waals surface area contributed by atoms with E-state index in [1.165, 1.54) is 7.11 Å². The lowest BCUT2D eigenvalue weighted by Gasteiger charge is -2.18. The van der Waals surface area contributed by atoms with E-state index in [1.807, 2.05) is 6.07 Å². The number of esters is 1. The Labute approximate surface area is 144 Å². The van der Waals surface area contributed by atoms with E-state index in [9.17, 15) is 9.59 Å². The summed E-state index contributed by atoms with van der Waals surface area (Å²) in [6.45, 7) is 5.38. The van der Waals surface area contributed by atoms with E-state index < -0.39 is 17.7 Å². The van der Waals surface area contributed by atoms with Gasteiger partial charge in [-0.25, -0.2) is 9.59 Å². The number of hydrogen-bond acceptors (Lipinski definition) is 5. The first kappa shape index (κ1) is 16.8. The predicted molar refractivity (Wildman–Crippen MR) is 92.5 cm³/mol. The Morgan fingerprint density at radius 3 is 2.68 bits per heavy atom. The topological polar surface area (TPSA) is 86.2 Å². The minimum atomic E-state index is -0.598. The van der Waals surface area contributed by atoms with Gasteiger partial charge in [0.05, 0.1) is 24.4 Å². The van der Waals surface area contributed by atoms with Gasteiger partial charge in [0.2, 0.25) is 0 Å². The first-order chi connectivity index (χ1) is 11.8. The molecule has 3 rings (SSSR count). The molecule has 0 fully saturated rings. The third kappa shape index (κ3) is 3.26. The van der Waals surface area contributed by atoms with Crippen LogP contribution in [-0.4, -0.2) is 39.5 Å². The smallest absolute Gasteiger partial charge is 0.435 e. The van der Waals surface area contributed by atoms with Crippen molar-refractivity contribution in [2.24, 2.45) is 0 Å². The van der Waals surface area contributed by atoms with E-state index in [1.54, 1.807) is 51.5 Å². The van der Waals surface area contributed by atoms with E-state index in [4.69, 9.17) is 9.47 Å². The minimum absolute atomic E-state index is 0.413. The van der Waals surface area contributed by atoms with Crippen molar-refractivity contribution in [1.29, 1.82) is 0 Å². The third-order valence-electron chi connectivity index (χ3n) is 3.59. The summed E-state index contributed by atoms with van der Waals surface area (Å²) < 4.78 is 11.3. The van der Waals surface area contributed by atoms with Crippen LogP contribution < -0.4 is 0 Å². The Balaban J connectivity index is 1.99. The molecule has 0 saturated heterocycles. The second-order valence-electron chi connectivity index (χ2n) is 6.58. The fourth-order valence-electron chi connectivity index (χ4n) is 2.54. The molecule has 25 heavy (non-hydrogen) atoms. The van der Waals surface area contributed by atoms with Crippen molar-refractivity contribution in [2.75, 3.05) is 7.11 Å². The van der Waals surface area contributed by atoms with Gasteiger partial charge in [-0.2, -0.15) is 9.78 Å². The molecular formula is C18H19N3O4. The molecule has 0 atom stereocenters.